The lowest BCUT2D eigenvalue weighted by Gasteiger charge is -2.23. The molecule has 186 valence electrons. The van der Waals surface area contributed by atoms with E-state index in [2.05, 4.69) is 56.2 Å². The lowest BCUT2D eigenvalue weighted by molar-refractivity contribution is 0.145. The number of aliphatic hydroxyl groups is 1. The van der Waals surface area contributed by atoms with Crippen molar-refractivity contribution in [3.8, 4) is 33.9 Å². The Kier molecular flexibility index (Phi) is 5.45. The van der Waals surface area contributed by atoms with Crippen LogP contribution >= 0.6 is 0 Å². The predicted molar refractivity (Wildman–Crippen MR) is 141 cm³/mol. The summed E-state index contributed by atoms with van der Waals surface area (Å²) in [6.45, 7) is 6.27. The summed E-state index contributed by atoms with van der Waals surface area (Å²) >= 11 is 0. The van der Waals surface area contributed by atoms with Crippen molar-refractivity contribution in [3.05, 3.63) is 61.6 Å². The second-order valence-electron chi connectivity index (χ2n) is 10.2. The Morgan fingerprint density at radius 1 is 1.03 bits per heavy atom. The molecule has 1 atom stereocenters. The van der Waals surface area contributed by atoms with E-state index in [0.717, 1.165) is 44.5 Å². The number of hydrogen-bond acceptors (Lipinski definition) is 8. The van der Waals surface area contributed by atoms with E-state index in [4.69, 9.17) is 9.40 Å². The minimum absolute atomic E-state index is 0.00387. The third-order valence-corrected chi connectivity index (χ3v) is 6.05. The zero-order chi connectivity index (χ0) is 25.6. The zero-order valence-electron chi connectivity index (χ0n) is 20.6. The highest BCUT2D eigenvalue weighted by atomic mass is 16.3. The van der Waals surface area contributed by atoms with Crippen molar-refractivity contribution in [1.82, 2.24) is 35.1 Å². The number of H-pyrrole nitrogens is 2. The van der Waals surface area contributed by atoms with Crippen molar-refractivity contribution >= 4 is 27.8 Å². The molecule has 0 saturated carbocycles. The van der Waals surface area contributed by atoms with Crippen molar-refractivity contribution < 1.29 is 9.52 Å². The molecule has 0 fully saturated rings. The minimum Gasteiger partial charge on any atom is -0.472 e. The quantitative estimate of drug-likeness (QED) is 0.226. The Hall–Kier alpha value is -4.57. The van der Waals surface area contributed by atoms with E-state index in [-0.39, 0.29) is 5.41 Å². The molecule has 10 nitrogen and oxygen atoms in total. The van der Waals surface area contributed by atoms with Crippen LogP contribution in [0.5, 0.6) is 0 Å². The Balaban J connectivity index is 1.36. The van der Waals surface area contributed by atoms with Crippen molar-refractivity contribution in [1.29, 1.82) is 0 Å². The number of aromatic nitrogens is 7. The fraction of sp³-hybridized carbons (Fsp3) is 0.222. The van der Waals surface area contributed by atoms with Gasteiger partial charge in [-0.05, 0) is 36.1 Å². The van der Waals surface area contributed by atoms with Crippen LogP contribution in [-0.4, -0.2) is 46.5 Å². The Labute approximate surface area is 212 Å². The first kappa shape index (κ1) is 22.9. The Morgan fingerprint density at radius 3 is 2.70 bits per heavy atom. The normalized spacial score (nSPS) is 12.9. The number of pyridine rings is 3. The van der Waals surface area contributed by atoms with E-state index in [1.54, 1.807) is 37.3 Å². The number of nitrogens with zero attached hydrogens (tertiary/aromatic N) is 5. The summed E-state index contributed by atoms with van der Waals surface area (Å²) in [4.78, 5) is 21.6. The Bertz CT molecular complexity index is 1700. The van der Waals surface area contributed by atoms with Gasteiger partial charge in [-0.25, -0.2) is 9.97 Å². The molecule has 0 saturated heterocycles. The second kappa shape index (κ2) is 8.82. The van der Waals surface area contributed by atoms with Gasteiger partial charge in [0.15, 0.2) is 11.5 Å². The molecule has 6 aromatic heterocycles. The van der Waals surface area contributed by atoms with Gasteiger partial charge in [-0.2, -0.15) is 5.10 Å². The van der Waals surface area contributed by atoms with Gasteiger partial charge in [0.25, 0.3) is 0 Å². The highest BCUT2D eigenvalue weighted by Crippen LogP contribution is 2.32. The van der Waals surface area contributed by atoms with Crippen LogP contribution in [0.25, 0.3) is 56.0 Å². The van der Waals surface area contributed by atoms with E-state index in [1.165, 1.54) is 0 Å². The predicted octanol–water partition coefficient (Wildman–Crippen LogP) is 5.38. The van der Waals surface area contributed by atoms with Crippen LogP contribution in [0.4, 0.5) is 5.69 Å². The first-order valence-corrected chi connectivity index (χ1v) is 12.0. The van der Waals surface area contributed by atoms with Gasteiger partial charge in [0.2, 0.25) is 0 Å². The van der Waals surface area contributed by atoms with E-state index in [0.29, 0.717) is 23.6 Å². The van der Waals surface area contributed by atoms with E-state index >= 15 is 0 Å². The molecule has 4 N–H and O–H groups in total. The summed E-state index contributed by atoms with van der Waals surface area (Å²) in [5, 5.41) is 21.9. The molecular formula is C27H26N8O2. The first-order chi connectivity index (χ1) is 17.8. The molecule has 6 aromatic rings. The smallest absolute Gasteiger partial charge is 0.159 e. The molecule has 1 unspecified atom stereocenters. The van der Waals surface area contributed by atoms with Gasteiger partial charge in [-0.3, -0.25) is 15.1 Å². The third kappa shape index (κ3) is 4.54. The largest absolute Gasteiger partial charge is 0.472 e. The molecule has 0 bridgehead atoms. The molecular weight excluding hydrogens is 468 g/mol. The number of rotatable bonds is 6. The number of fused-ring (bicyclic) bond motifs is 2. The number of imidazole rings is 1. The maximum absolute atomic E-state index is 10.4. The monoisotopic (exact) mass is 494 g/mol. The van der Waals surface area contributed by atoms with Crippen LogP contribution < -0.4 is 5.32 Å². The number of furan rings is 1. The number of aliphatic hydroxyl groups excluding tert-OH is 1. The fourth-order valence-corrected chi connectivity index (χ4v) is 4.40. The average molecular weight is 495 g/mol. The number of nitrogens with one attached hydrogen (secondary N) is 3. The number of anilines is 1. The Morgan fingerprint density at radius 2 is 1.89 bits per heavy atom. The van der Waals surface area contributed by atoms with Crippen molar-refractivity contribution in [2.75, 3.05) is 5.32 Å². The molecule has 0 radical (unpaired) electrons. The van der Waals surface area contributed by atoms with Gasteiger partial charge in [0.05, 0.1) is 35.3 Å². The molecule has 6 heterocycles. The van der Waals surface area contributed by atoms with Crippen molar-refractivity contribution in [3.63, 3.8) is 0 Å². The van der Waals surface area contributed by atoms with Crippen LogP contribution in [0.2, 0.25) is 0 Å². The van der Waals surface area contributed by atoms with Gasteiger partial charge in [-0.15, -0.1) is 0 Å². The lowest BCUT2D eigenvalue weighted by Crippen LogP contribution is -2.25. The summed E-state index contributed by atoms with van der Waals surface area (Å²) < 4.78 is 5.23. The zero-order valence-corrected chi connectivity index (χ0v) is 20.6. The van der Waals surface area contributed by atoms with Gasteiger partial charge in [0, 0.05) is 35.3 Å². The standard InChI is InChI=1S/C27H26N8O2/c1-27(2,3)10-21(36)31-18-8-16(11-28-13-18)17-9-19-23(34-35-25(19)30-12-17)26-32-20-4-6-29-22(24(20)33-26)15-5-7-37-14-15/h4-9,11-14,21,31,36H,10H2,1-3H3,(H,32,33)(H,30,34,35). The summed E-state index contributed by atoms with van der Waals surface area (Å²) in [5.41, 5.74) is 6.93. The summed E-state index contributed by atoms with van der Waals surface area (Å²) in [7, 11) is 0. The van der Waals surface area contributed by atoms with Crippen molar-refractivity contribution in [2.45, 2.75) is 33.4 Å². The van der Waals surface area contributed by atoms with E-state index in [1.807, 2.05) is 24.3 Å². The molecule has 0 aliphatic carbocycles. The highest BCUT2D eigenvalue weighted by Gasteiger charge is 2.19. The topological polar surface area (TPSA) is 141 Å². The highest BCUT2D eigenvalue weighted by molar-refractivity contribution is 5.96. The lowest BCUT2D eigenvalue weighted by atomic mass is 9.91. The summed E-state index contributed by atoms with van der Waals surface area (Å²) in [6, 6.07) is 7.70. The second-order valence-corrected chi connectivity index (χ2v) is 10.2. The number of hydrogen-bond donors (Lipinski definition) is 4. The molecule has 0 aliphatic rings. The molecule has 37 heavy (non-hydrogen) atoms. The SMILES string of the molecule is CC(C)(C)CC(O)Nc1cncc(-c2cnc3[nH]nc(-c4nc5c(-c6ccoc6)nccc5[nH]4)c3c2)c1. The van der Waals surface area contributed by atoms with Crippen LogP contribution in [0.15, 0.2) is 66.0 Å². The molecule has 0 aliphatic heterocycles. The van der Waals surface area contributed by atoms with Gasteiger partial charge in [0.1, 0.15) is 23.1 Å². The summed E-state index contributed by atoms with van der Waals surface area (Å²) in [6.07, 6.45) is 10.2. The average Bonchev–Trinajstić information content (AvgIpc) is 3.61. The maximum Gasteiger partial charge on any atom is 0.159 e. The molecule has 0 amide bonds. The minimum atomic E-state index is -0.673. The van der Waals surface area contributed by atoms with Gasteiger partial charge in [-0.1, -0.05) is 20.8 Å². The van der Waals surface area contributed by atoms with Crippen LogP contribution in [0.3, 0.4) is 0 Å². The molecule has 6 rings (SSSR count). The molecule has 0 spiro atoms. The fourth-order valence-electron chi connectivity index (χ4n) is 4.40. The summed E-state index contributed by atoms with van der Waals surface area (Å²) in [5.74, 6) is 0.608. The number of aromatic amines is 2. The van der Waals surface area contributed by atoms with Crippen molar-refractivity contribution in [2.24, 2.45) is 5.41 Å². The third-order valence-electron chi connectivity index (χ3n) is 6.05. The van der Waals surface area contributed by atoms with Gasteiger partial charge >= 0.3 is 0 Å². The van der Waals surface area contributed by atoms with Crippen LogP contribution in [0, 0.1) is 5.41 Å². The van der Waals surface area contributed by atoms with Gasteiger partial charge < -0.3 is 19.8 Å². The van der Waals surface area contributed by atoms with E-state index in [9.17, 15) is 5.11 Å². The molecule has 0 aromatic carbocycles. The molecule has 10 heteroatoms. The van der Waals surface area contributed by atoms with Crippen LogP contribution in [-0.2, 0) is 0 Å². The van der Waals surface area contributed by atoms with Crippen LogP contribution in [0.1, 0.15) is 27.2 Å². The first-order valence-electron chi connectivity index (χ1n) is 12.0. The van der Waals surface area contributed by atoms with E-state index < -0.39 is 6.23 Å². The maximum atomic E-state index is 10.4.